The first-order valence-corrected chi connectivity index (χ1v) is 11.5. The van der Waals surface area contributed by atoms with Crippen molar-refractivity contribution in [2.45, 2.75) is 25.2 Å². The lowest BCUT2D eigenvalue weighted by Crippen LogP contribution is -2.40. The van der Waals surface area contributed by atoms with Crippen molar-refractivity contribution in [1.82, 2.24) is 4.31 Å². The summed E-state index contributed by atoms with van der Waals surface area (Å²) in [5.41, 5.74) is 2.36. The summed E-state index contributed by atoms with van der Waals surface area (Å²) in [5.74, 6) is -1.23. The number of nitrogens with zero attached hydrogens (tertiary/aromatic N) is 1. The predicted molar refractivity (Wildman–Crippen MR) is 115 cm³/mol. The number of aryl methyl sites for hydroxylation is 2. The van der Waals surface area contributed by atoms with Crippen LogP contribution in [0, 0.1) is 6.92 Å². The molecule has 0 bridgehead atoms. The highest BCUT2D eigenvalue weighted by molar-refractivity contribution is 7.89. The van der Waals surface area contributed by atoms with E-state index in [0.29, 0.717) is 24.5 Å². The normalized spacial score (nSPS) is 14.8. The fraction of sp³-hybridized carbons (Fsp3) is 0.364. The Kier molecular flexibility index (Phi) is 7.42. The number of amides is 1. The minimum atomic E-state index is -3.75. The summed E-state index contributed by atoms with van der Waals surface area (Å²) >= 11 is 0. The number of esters is 1. The molecule has 1 N–H and O–H groups in total. The average molecular weight is 447 g/mol. The van der Waals surface area contributed by atoms with Gasteiger partial charge in [0.1, 0.15) is 0 Å². The van der Waals surface area contributed by atoms with E-state index >= 15 is 0 Å². The molecule has 9 heteroatoms. The van der Waals surface area contributed by atoms with Gasteiger partial charge >= 0.3 is 5.97 Å². The summed E-state index contributed by atoms with van der Waals surface area (Å²) in [6.45, 7) is 4.39. The van der Waals surface area contributed by atoms with Crippen molar-refractivity contribution >= 4 is 27.6 Å². The zero-order valence-electron chi connectivity index (χ0n) is 17.6. The van der Waals surface area contributed by atoms with Gasteiger partial charge in [0.05, 0.1) is 23.7 Å². The molecule has 0 unspecified atom stereocenters. The molecule has 1 aliphatic rings. The first-order chi connectivity index (χ1) is 14.8. The number of rotatable bonds is 7. The van der Waals surface area contributed by atoms with Gasteiger partial charge in [0, 0.05) is 18.8 Å². The van der Waals surface area contributed by atoms with Gasteiger partial charge in [-0.15, -0.1) is 0 Å². The predicted octanol–water partition coefficient (Wildman–Crippen LogP) is 2.37. The first-order valence-electron chi connectivity index (χ1n) is 10.1. The molecule has 1 saturated heterocycles. The van der Waals surface area contributed by atoms with E-state index in [0.717, 1.165) is 12.0 Å². The molecular formula is C22H26N2O6S. The van der Waals surface area contributed by atoms with Crippen LogP contribution in [-0.2, 0) is 30.7 Å². The molecule has 1 fully saturated rings. The molecule has 0 saturated carbocycles. The van der Waals surface area contributed by atoms with Gasteiger partial charge < -0.3 is 14.8 Å². The van der Waals surface area contributed by atoms with Crippen LogP contribution in [-0.4, -0.2) is 57.5 Å². The van der Waals surface area contributed by atoms with Crippen LogP contribution in [0.3, 0.4) is 0 Å². The molecule has 0 spiro atoms. The zero-order chi connectivity index (χ0) is 22.4. The van der Waals surface area contributed by atoms with Crippen LogP contribution < -0.4 is 5.32 Å². The van der Waals surface area contributed by atoms with E-state index in [4.69, 9.17) is 9.47 Å². The largest absolute Gasteiger partial charge is 0.452 e. The van der Waals surface area contributed by atoms with Gasteiger partial charge in [-0.1, -0.05) is 25.1 Å². The molecule has 0 radical (unpaired) electrons. The molecule has 1 amide bonds. The number of carbonyl (C=O) groups is 2. The highest BCUT2D eigenvalue weighted by atomic mass is 32.2. The van der Waals surface area contributed by atoms with Crippen molar-refractivity contribution in [1.29, 1.82) is 0 Å². The Bertz CT molecular complexity index is 1060. The van der Waals surface area contributed by atoms with Crippen LogP contribution in [0.1, 0.15) is 28.4 Å². The third-order valence-corrected chi connectivity index (χ3v) is 6.88. The maximum atomic E-state index is 12.8. The van der Waals surface area contributed by atoms with Crippen LogP contribution in [0.25, 0.3) is 0 Å². The van der Waals surface area contributed by atoms with E-state index in [1.807, 2.05) is 25.1 Å². The number of hydrogen-bond donors (Lipinski definition) is 1. The Hall–Kier alpha value is -2.75. The van der Waals surface area contributed by atoms with Gasteiger partial charge in [0.25, 0.3) is 5.91 Å². The molecule has 0 atom stereocenters. The number of sulfonamides is 1. The Morgan fingerprint density at radius 1 is 1.13 bits per heavy atom. The Labute approximate surface area is 182 Å². The highest BCUT2D eigenvalue weighted by Gasteiger charge is 2.27. The summed E-state index contributed by atoms with van der Waals surface area (Å²) in [7, 11) is -3.75. The zero-order valence-corrected chi connectivity index (χ0v) is 18.4. The number of anilines is 1. The van der Waals surface area contributed by atoms with E-state index in [1.165, 1.54) is 16.4 Å². The quantitative estimate of drug-likeness (QED) is 0.655. The third kappa shape index (κ3) is 5.69. The molecule has 0 aromatic heterocycles. The molecular weight excluding hydrogens is 420 g/mol. The second kappa shape index (κ2) is 10.0. The van der Waals surface area contributed by atoms with Crippen molar-refractivity contribution < 1.29 is 27.5 Å². The van der Waals surface area contributed by atoms with E-state index in [-0.39, 0.29) is 23.5 Å². The van der Waals surface area contributed by atoms with E-state index < -0.39 is 28.5 Å². The van der Waals surface area contributed by atoms with Gasteiger partial charge in [-0.05, 0) is 48.7 Å². The van der Waals surface area contributed by atoms with Crippen molar-refractivity contribution in [3.05, 3.63) is 59.2 Å². The summed E-state index contributed by atoms with van der Waals surface area (Å²) < 4.78 is 37.4. The van der Waals surface area contributed by atoms with Gasteiger partial charge in [0.2, 0.25) is 10.0 Å². The minimum absolute atomic E-state index is 0.00721. The van der Waals surface area contributed by atoms with Crippen LogP contribution in [0.4, 0.5) is 5.69 Å². The fourth-order valence-electron chi connectivity index (χ4n) is 3.19. The smallest absolute Gasteiger partial charge is 0.338 e. The van der Waals surface area contributed by atoms with Crippen LogP contribution >= 0.6 is 0 Å². The van der Waals surface area contributed by atoms with E-state index in [2.05, 4.69) is 5.32 Å². The molecule has 2 aromatic rings. The molecule has 3 rings (SSSR count). The maximum absolute atomic E-state index is 12.8. The lowest BCUT2D eigenvalue weighted by molar-refractivity contribution is -0.119. The van der Waals surface area contributed by atoms with Crippen molar-refractivity contribution in [3.63, 3.8) is 0 Å². The monoisotopic (exact) mass is 446 g/mol. The summed E-state index contributed by atoms with van der Waals surface area (Å²) in [6.07, 6.45) is 0.835. The summed E-state index contributed by atoms with van der Waals surface area (Å²) in [6, 6.07) is 11.7. The van der Waals surface area contributed by atoms with Crippen LogP contribution in [0.15, 0.2) is 47.4 Å². The van der Waals surface area contributed by atoms with Gasteiger partial charge in [0.15, 0.2) is 6.61 Å². The molecule has 31 heavy (non-hydrogen) atoms. The Morgan fingerprint density at radius 2 is 1.87 bits per heavy atom. The number of carbonyl (C=O) groups excluding carboxylic acids is 2. The second-order valence-electron chi connectivity index (χ2n) is 7.17. The summed E-state index contributed by atoms with van der Waals surface area (Å²) in [4.78, 5) is 24.7. The molecule has 0 aliphatic carbocycles. The number of benzene rings is 2. The fourth-order valence-corrected chi connectivity index (χ4v) is 4.63. The minimum Gasteiger partial charge on any atom is -0.452 e. The molecule has 8 nitrogen and oxygen atoms in total. The number of nitrogens with one attached hydrogen (secondary N) is 1. The Morgan fingerprint density at radius 3 is 2.58 bits per heavy atom. The van der Waals surface area contributed by atoms with Crippen molar-refractivity contribution in [2.75, 3.05) is 38.2 Å². The standard InChI is InChI=1S/C22H26N2O6S/c1-3-17-5-4-6-18(13-17)23-21(25)15-30-22(26)20-14-19(8-7-16(20)2)31(27,28)24-9-11-29-12-10-24/h4-8,13-14H,3,9-12,15H2,1-2H3,(H,23,25). The number of hydrogen-bond acceptors (Lipinski definition) is 6. The van der Waals surface area contributed by atoms with Crippen molar-refractivity contribution in [2.24, 2.45) is 0 Å². The number of ether oxygens (including phenoxy) is 2. The van der Waals surface area contributed by atoms with E-state index in [1.54, 1.807) is 19.1 Å². The average Bonchev–Trinajstić information content (AvgIpc) is 2.78. The second-order valence-corrected chi connectivity index (χ2v) is 9.11. The maximum Gasteiger partial charge on any atom is 0.338 e. The first kappa shape index (κ1) is 22.9. The SMILES string of the molecule is CCc1cccc(NC(=O)COC(=O)c2cc(S(=O)(=O)N3CCOCC3)ccc2C)c1. The van der Waals surface area contributed by atoms with Crippen molar-refractivity contribution in [3.8, 4) is 0 Å². The molecule has 166 valence electrons. The molecule has 1 heterocycles. The lowest BCUT2D eigenvalue weighted by Gasteiger charge is -2.26. The third-order valence-electron chi connectivity index (χ3n) is 4.99. The number of morpholine rings is 1. The molecule has 2 aromatic carbocycles. The van der Waals surface area contributed by atoms with E-state index in [9.17, 15) is 18.0 Å². The van der Waals surface area contributed by atoms with Gasteiger partial charge in [-0.3, -0.25) is 4.79 Å². The lowest BCUT2D eigenvalue weighted by atomic mass is 10.1. The topological polar surface area (TPSA) is 102 Å². The Balaban J connectivity index is 1.67. The van der Waals surface area contributed by atoms with Gasteiger partial charge in [-0.2, -0.15) is 4.31 Å². The molecule has 1 aliphatic heterocycles. The van der Waals surface area contributed by atoms with Crippen LogP contribution in [0.2, 0.25) is 0 Å². The summed E-state index contributed by atoms with van der Waals surface area (Å²) in [5, 5.41) is 2.69. The highest BCUT2D eigenvalue weighted by Crippen LogP contribution is 2.21. The van der Waals surface area contributed by atoms with Gasteiger partial charge in [-0.25, -0.2) is 13.2 Å². The van der Waals surface area contributed by atoms with Crippen LogP contribution in [0.5, 0.6) is 0 Å².